The molecule has 1 aliphatic rings. The van der Waals surface area contributed by atoms with Gasteiger partial charge in [0, 0.05) is 16.2 Å². The second-order valence-electron chi connectivity index (χ2n) is 13.3. The van der Waals surface area contributed by atoms with E-state index in [4.69, 9.17) is 4.42 Å². The standard InChI is InChI=1S/C45H30O/c1-45(2)40-18-10-9-17-37(40)44-36-16-8-7-15-33(36)38(26-41(44)45)34-22-21-30(31-13-5-6-14-32(31)34)29-19-20-35-39-23-27-11-3-4-12-28(27)24-43(39)46-42(35)25-29/h3-26H,1-2H3. The van der Waals surface area contributed by atoms with Crippen LogP contribution in [0.1, 0.15) is 25.0 Å². The molecule has 0 bridgehead atoms. The van der Waals surface area contributed by atoms with E-state index in [9.17, 15) is 0 Å². The van der Waals surface area contributed by atoms with E-state index in [1.54, 1.807) is 0 Å². The van der Waals surface area contributed by atoms with Gasteiger partial charge in [0.1, 0.15) is 11.2 Å². The number of benzene rings is 8. The second kappa shape index (κ2) is 9.19. The molecular formula is C45H30O. The maximum atomic E-state index is 6.46. The summed E-state index contributed by atoms with van der Waals surface area (Å²) in [6.45, 7) is 4.74. The zero-order valence-electron chi connectivity index (χ0n) is 25.8. The van der Waals surface area contributed by atoms with Crippen LogP contribution in [0.3, 0.4) is 0 Å². The van der Waals surface area contributed by atoms with Gasteiger partial charge in [0.05, 0.1) is 0 Å². The van der Waals surface area contributed by atoms with Gasteiger partial charge in [-0.15, -0.1) is 0 Å². The number of furan rings is 1. The van der Waals surface area contributed by atoms with E-state index in [0.29, 0.717) is 0 Å². The molecule has 0 fully saturated rings. The van der Waals surface area contributed by atoms with E-state index in [1.165, 1.54) is 71.3 Å². The van der Waals surface area contributed by atoms with Crippen LogP contribution in [0.25, 0.3) is 87.6 Å². The van der Waals surface area contributed by atoms with Gasteiger partial charge < -0.3 is 4.42 Å². The minimum Gasteiger partial charge on any atom is -0.456 e. The van der Waals surface area contributed by atoms with Gasteiger partial charge in [-0.05, 0) is 107 Å². The highest BCUT2D eigenvalue weighted by atomic mass is 16.3. The molecule has 0 amide bonds. The number of hydrogen-bond donors (Lipinski definition) is 0. The lowest BCUT2D eigenvalue weighted by Crippen LogP contribution is -2.15. The van der Waals surface area contributed by atoms with Crippen LogP contribution in [0.2, 0.25) is 0 Å². The SMILES string of the molecule is CC1(C)c2ccccc2-c2c1cc(-c1ccc(-c3ccc4c(c3)oc3cc5ccccc5cc34)c3ccccc13)c1ccccc21. The van der Waals surface area contributed by atoms with Crippen molar-refractivity contribution in [1.29, 1.82) is 0 Å². The Bertz CT molecular complexity index is 2720. The first kappa shape index (κ1) is 25.6. The number of fused-ring (bicyclic) bond motifs is 10. The minimum absolute atomic E-state index is 0.0751. The first-order chi connectivity index (χ1) is 22.6. The van der Waals surface area contributed by atoms with Gasteiger partial charge in [0.15, 0.2) is 0 Å². The molecule has 0 radical (unpaired) electrons. The summed E-state index contributed by atoms with van der Waals surface area (Å²) in [7, 11) is 0. The summed E-state index contributed by atoms with van der Waals surface area (Å²) >= 11 is 0. The molecule has 1 aromatic heterocycles. The van der Waals surface area contributed by atoms with Crippen LogP contribution in [0, 0.1) is 0 Å². The molecule has 1 heterocycles. The fraction of sp³-hybridized carbons (Fsp3) is 0.0667. The molecule has 8 aromatic carbocycles. The summed E-state index contributed by atoms with van der Waals surface area (Å²) in [6.07, 6.45) is 0. The Hall–Kier alpha value is -5.66. The maximum Gasteiger partial charge on any atom is 0.136 e. The predicted molar refractivity (Wildman–Crippen MR) is 195 cm³/mol. The number of rotatable bonds is 2. The summed E-state index contributed by atoms with van der Waals surface area (Å²) in [4.78, 5) is 0. The van der Waals surface area contributed by atoms with E-state index >= 15 is 0 Å². The molecule has 216 valence electrons. The third-order valence-corrected chi connectivity index (χ3v) is 10.5. The van der Waals surface area contributed by atoms with Crippen molar-refractivity contribution in [3.05, 3.63) is 157 Å². The molecule has 0 aliphatic heterocycles. The molecule has 0 unspecified atom stereocenters. The van der Waals surface area contributed by atoms with Crippen LogP contribution < -0.4 is 0 Å². The minimum atomic E-state index is -0.0751. The van der Waals surface area contributed by atoms with Gasteiger partial charge in [0.2, 0.25) is 0 Å². The molecule has 9 aromatic rings. The molecule has 0 N–H and O–H groups in total. The Kier molecular flexibility index (Phi) is 5.12. The third-order valence-electron chi connectivity index (χ3n) is 10.5. The summed E-state index contributed by atoms with van der Waals surface area (Å²) in [6, 6.07) is 53.4. The lowest BCUT2D eigenvalue weighted by molar-refractivity contribution is 0.661. The zero-order valence-corrected chi connectivity index (χ0v) is 25.8. The lowest BCUT2D eigenvalue weighted by atomic mass is 9.80. The summed E-state index contributed by atoms with van der Waals surface area (Å²) in [5, 5.41) is 9.86. The largest absolute Gasteiger partial charge is 0.456 e. The third kappa shape index (κ3) is 3.46. The van der Waals surface area contributed by atoms with Crippen LogP contribution >= 0.6 is 0 Å². The van der Waals surface area contributed by atoms with Crippen molar-refractivity contribution in [2.45, 2.75) is 19.3 Å². The number of hydrogen-bond acceptors (Lipinski definition) is 1. The van der Waals surface area contributed by atoms with E-state index in [2.05, 4.69) is 159 Å². The predicted octanol–water partition coefficient (Wildman–Crippen LogP) is 12.7. The molecule has 10 rings (SSSR count). The van der Waals surface area contributed by atoms with Crippen molar-refractivity contribution in [2.24, 2.45) is 0 Å². The average Bonchev–Trinajstić information content (AvgIpc) is 3.57. The van der Waals surface area contributed by atoms with Gasteiger partial charge in [0.25, 0.3) is 0 Å². The quantitative estimate of drug-likeness (QED) is 0.196. The highest BCUT2D eigenvalue weighted by molar-refractivity contribution is 6.15. The van der Waals surface area contributed by atoms with Gasteiger partial charge in [-0.25, -0.2) is 0 Å². The zero-order chi connectivity index (χ0) is 30.6. The van der Waals surface area contributed by atoms with Gasteiger partial charge in [-0.1, -0.05) is 129 Å². The summed E-state index contributed by atoms with van der Waals surface area (Å²) in [5.74, 6) is 0. The van der Waals surface area contributed by atoms with Crippen LogP contribution in [0.4, 0.5) is 0 Å². The molecule has 1 heteroatoms. The Morgan fingerprint density at radius 2 is 1.00 bits per heavy atom. The summed E-state index contributed by atoms with van der Waals surface area (Å²) < 4.78 is 6.46. The van der Waals surface area contributed by atoms with Crippen molar-refractivity contribution in [1.82, 2.24) is 0 Å². The average molecular weight is 587 g/mol. The van der Waals surface area contributed by atoms with Crippen LogP contribution in [-0.2, 0) is 5.41 Å². The first-order valence-corrected chi connectivity index (χ1v) is 16.1. The monoisotopic (exact) mass is 586 g/mol. The van der Waals surface area contributed by atoms with E-state index in [-0.39, 0.29) is 5.41 Å². The lowest BCUT2D eigenvalue weighted by Gasteiger charge is -2.23. The molecule has 0 spiro atoms. The topological polar surface area (TPSA) is 13.1 Å². The van der Waals surface area contributed by atoms with Crippen LogP contribution in [0.5, 0.6) is 0 Å². The van der Waals surface area contributed by atoms with Crippen LogP contribution in [-0.4, -0.2) is 0 Å². The van der Waals surface area contributed by atoms with Crippen molar-refractivity contribution < 1.29 is 4.42 Å². The Labute approximate surface area is 267 Å². The molecule has 46 heavy (non-hydrogen) atoms. The van der Waals surface area contributed by atoms with E-state index < -0.39 is 0 Å². The normalized spacial score (nSPS) is 13.6. The molecular weight excluding hydrogens is 556 g/mol. The fourth-order valence-electron chi connectivity index (χ4n) is 8.19. The Morgan fingerprint density at radius 1 is 0.391 bits per heavy atom. The fourth-order valence-corrected chi connectivity index (χ4v) is 8.19. The van der Waals surface area contributed by atoms with Gasteiger partial charge in [-0.2, -0.15) is 0 Å². The van der Waals surface area contributed by atoms with Gasteiger partial charge >= 0.3 is 0 Å². The van der Waals surface area contributed by atoms with E-state index in [0.717, 1.165) is 27.5 Å². The van der Waals surface area contributed by atoms with E-state index in [1.807, 2.05) is 0 Å². The van der Waals surface area contributed by atoms with Crippen molar-refractivity contribution in [3.63, 3.8) is 0 Å². The van der Waals surface area contributed by atoms with Crippen molar-refractivity contribution >= 4 is 54.3 Å². The maximum absolute atomic E-state index is 6.46. The molecule has 1 nitrogen and oxygen atoms in total. The highest BCUT2D eigenvalue weighted by Gasteiger charge is 2.37. The Morgan fingerprint density at radius 3 is 1.80 bits per heavy atom. The van der Waals surface area contributed by atoms with Crippen molar-refractivity contribution in [2.75, 3.05) is 0 Å². The smallest absolute Gasteiger partial charge is 0.136 e. The molecule has 0 atom stereocenters. The molecule has 0 saturated carbocycles. The first-order valence-electron chi connectivity index (χ1n) is 16.1. The van der Waals surface area contributed by atoms with Crippen LogP contribution in [0.15, 0.2) is 150 Å². The molecule has 1 aliphatic carbocycles. The van der Waals surface area contributed by atoms with Crippen molar-refractivity contribution in [3.8, 4) is 33.4 Å². The Balaban J connectivity index is 1.19. The second-order valence-corrected chi connectivity index (χ2v) is 13.3. The highest BCUT2D eigenvalue weighted by Crippen LogP contribution is 2.53. The summed E-state index contributed by atoms with van der Waals surface area (Å²) in [5.41, 5.74) is 12.3. The molecule has 0 saturated heterocycles. The van der Waals surface area contributed by atoms with Gasteiger partial charge in [-0.3, -0.25) is 0 Å².